The van der Waals surface area contributed by atoms with Gasteiger partial charge in [-0.1, -0.05) is 176 Å². The van der Waals surface area contributed by atoms with Crippen LogP contribution in [-0.2, 0) is 0 Å². The number of aromatic nitrogens is 1. The third-order valence-corrected chi connectivity index (χ3v) is 13.4. The molecule has 0 saturated carbocycles. The van der Waals surface area contributed by atoms with E-state index < -0.39 is 0 Å². The molecule has 0 aliphatic carbocycles. The van der Waals surface area contributed by atoms with Crippen molar-refractivity contribution < 1.29 is 0 Å². The third-order valence-electron chi connectivity index (χ3n) is 12.2. The van der Waals surface area contributed by atoms with Crippen molar-refractivity contribution in [2.24, 2.45) is 0 Å². The maximum atomic E-state index is 2.44. The number of hydrogen-bond acceptors (Lipinski definition) is 2. The molecule has 0 atom stereocenters. The van der Waals surface area contributed by atoms with Gasteiger partial charge in [-0.05, 0) is 93.4 Å². The van der Waals surface area contributed by atoms with Gasteiger partial charge in [0.1, 0.15) is 0 Å². The lowest BCUT2D eigenvalue weighted by molar-refractivity contribution is 1.19. The number of anilines is 3. The molecule has 0 fully saturated rings. The number of nitrogens with zero attached hydrogens (tertiary/aromatic N) is 2. The lowest BCUT2D eigenvalue weighted by atomic mass is 10.0. The second-order valence-corrected chi connectivity index (χ2v) is 16.8. The Hall–Kier alpha value is -7.72. The van der Waals surface area contributed by atoms with E-state index in [1.807, 2.05) is 11.3 Å². The summed E-state index contributed by atoms with van der Waals surface area (Å²) >= 11 is 1.88. The lowest BCUT2D eigenvalue weighted by Gasteiger charge is -2.26. The van der Waals surface area contributed by atoms with E-state index in [0.29, 0.717) is 0 Å². The van der Waals surface area contributed by atoms with Crippen molar-refractivity contribution >= 4 is 81.1 Å². The van der Waals surface area contributed by atoms with E-state index in [9.17, 15) is 0 Å². The molecule has 10 aromatic carbocycles. The van der Waals surface area contributed by atoms with E-state index in [0.717, 1.165) is 22.7 Å². The van der Waals surface area contributed by atoms with Gasteiger partial charge in [0.2, 0.25) is 0 Å². The monoisotopic (exact) mass is 794 g/mol. The molecule has 0 aliphatic heterocycles. The summed E-state index contributed by atoms with van der Waals surface area (Å²) in [5.41, 5.74) is 14.2. The van der Waals surface area contributed by atoms with Gasteiger partial charge in [-0.2, -0.15) is 0 Å². The third kappa shape index (κ3) is 6.01. The first kappa shape index (κ1) is 35.2. The molecule has 12 rings (SSSR count). The van der Waals surface area contributed by atoms with Crippen LogP contribution in [0, 0.1) is 0 Å². The predicted molar refractivity (Wildman–Crippen MR) is 262 cm³/mol. The second kappa shape index (κ2) is 14.5. The number of hydrogen-bond donors (Lipinski definition) is 0. The van der Waals surface area contributed by atoms with Crippen LogP contribution < -0.4 is 4.90 Å². The highest BCUT2D eigenvalue weighted by Gasteiger charge is 2.19. The smallest absolute Gasteiger partial charge is 0.0619 e. The molecule has 0 unspecified atom stereocenters. The standard InChI is InChI=1S/C58H38N2S/c1-4-13-39(14-5-1)40-23-29-46(30-24-40)59(48-33-36-52-54-22-12-21-50(42-15-6-2-7-16-42)58(54)61-56(52)38-48)47-31-25-41(26-32-47)44-28-34-51-53-35-27-43-17-10-11-20-49(43)57(53)60(55(51)37-44)45-18-8-3-9-19-45/h1-38H. The molecule has 0 N–H and O–H groups in total. The fourth-order valence-corrected chi connectivity index (χ4v) is 10.5. The number of para-hydroxylation sites is 1. The Morgan fingerprint density at radius 2 is 0.902 bits per heavy atom. The average molecular weight is 795 g/mol. The fraction of sp³-hybridized carbons (Fsp3) is 0. The van der Waals surface area contributed by atoms with Crippen molar-refractivity contribution in [1.82, 2.24) is 4.57 Å². The van der Waals surface area contributed by atoms with E-state index in [1.54, 1.807) is 0 Å². The van der Waals surface area contributed by atoms with Gasteiger partial charge in [-0.3, -0.25) is 0 Å². The van der Waals surface area contributed by atoms with Gasteiger partial charge in [0.05, 0.1) is 11.0 Å². The molecule has 0 aliphatic rings. The summed E-state index contributed by atoms with van der Waals surface area (Å²) in [4.78, 5) is 2.39. The van der Waals surface area contributed by atoms with Gasteiger partial charge in [-0.25, -0.2) is 0 Å². The Morgan fingerprint density at radius 3 is 1.64 bits per heavy atom. The van der Waals surface area contributed by atoms with Crippen LogP contribution in [-0.4, -0.2) is 4.57 Å². The van der Waals surface area contributed by atoms with Crippen LogP contribution in [0.3, 0.4) is 0 Å². The molecular weight excluding hydrogens is 757 g/mol. The Labute approximate surface area is 358 Å². The van der Waals surface area contributed by atoms with Crippen LogP contribution in [0.1, 0.15) is 0 Å². The van der Waals surface area contributed by atoms with Crippen LogP contribution >= 0.6 is 11.3 Å². The Bertz CT molecular complexity index is 3550. The highest BCUT2D eigenvalue weighted by Crippen LogP contribution is 2.44. The lowest BCUT2D eigenvalue weighted by Crippen LogP contribution is -2.09. The predicted octanol–water partition coefficient (Wildman–Crippen LogP) is 16.8. The van der Waals surface area contributed by atoms with E-state index >= 15 is 0 Å². The zero-order chi connectivity index (χ0) is 40.3. The van der Waals surface area contributed by atoms with Crippen LogP contribution in [0.2, 0.25) is 0 Å². The highest BCUT2D eigenvalue weighted by molar-refractivity contribution is 7.26. The van der Waals surface area contributed by atoms with Crippen molar-refractivity contribution in [3.05, 3.63) is 231 Å². The zero-order valence-electron chi connectivity index (χ0n) is 33.2. The molecule has 2 aromatic heterocycles. The number of fused-ring (bicyclic) bond motifs is 8. The Balaban J connectivity index is 0.983. The van der Waals surface area contributed by atoms with Crippen LogP contribution in [0.25, 0.3) is 91.8 Å². The normalized spacial score (nSPS) is 11.6. The molecule has 0 bridgehead atoms. The summed E-state index contributed by atoms with van der Waals surface area (Å²) in [6.07, 6.45) is 0. The van der Waals surface area contributed by atoms with Crippen LogP contribution in [0.4, 0.5) is 17.1 Å². The summed E-state index contributed by atoms with van der Waals surface area (Å²) in [6, 6.07) is 84.0. The molecule has 0 radical (unpaired) electrons. The van der Waals surface area contributed by atoms with Crippen molar-refractivity contribution in [2.45, 2.75) is 0 Å². The molecule has 0 amide bonds. The van der Waals surface area contributed by atoms with E-state index in [-0.39, 0.29) is 0 Å². The topological polar surface area (TPSA) is 8.17 Å². The molecule has 61 heavy (non-hydrogen) atoms. The van der Waals surface area contributed by atoms with Crippen LogP contribution in [0.5, 0.6) is 0 Å². The van der Waals surface area contributed by atoms with E-state index in [1.165, 1.54) is 86.1 Å². The molecule has 3 heteroatoms. The number of thiophene rings is 1. The second-order valence-electron chi connectivity index (χ2n) is 15.7. The molecular formula is C58H38N2S. The van der Waals surface area contributed by atoms with E-state index in [2.05, 4.69) is 240 Å². The van der Waals surface area contributed by atoms with Gasteiger partial charge < -0.3 is 9.47 Å². The summed E-state index contributed by atoms with van der Waals surface area (Å²) in [5.74, 6) is 0. The van der Waals surface area contributed by atoms with Gasteiger partial charge in [0.25, 0.3) is 0 Å². The summed E-state index contributed by atoms with van der Waals surface area (Å²) < 4.78 is 5.03. The minimum atomic E-state index is 1.10. The minimum absolute atomic E-state index is 1.10. The summed E-state index contributed by atoms with van der Waals surface area (Å²) in [7, 11) is 0. The molecule has 2 nitrogen and oxygen atoms in total. The first-order chi connectivity index (χ1) is 30.2. The van der Waals surface area contributed by atoms with Crippen molar-refractivity contribution in [1.29, 1.82) is 0 Å². The minimum Gasteiger partial charge on any atom is -0.310 e. The Morgan fingerprint density at radius 1 is 0.344 bits per heavy atom. The van der Waals surface area contributed by atoms with Crippen molar-refractivity contribution in [3.63, 3.8) is 0 Å². The van der Waals surface area contributed by atoms with E-state index in [4.69, 9.17) is 0 Å². The number of benzene rings is 10. The van der Waals surface area contributed by atoms with Crippen molar-refractivity contribution in [2.75, 3.05) is 4.90 Å². The van der Waals surface area contributed by atoms with Gasteiger partial charge in [0.15, 0.2) is 0 Å². The molecule has 286 valence electrons. The van der Waals surface area contributed by atoms with Gasteiger partial charge in [-0.15, -0.1) is 11.3 Å². The first-order valence-corrected chi connectivity index (χ1v) is 21.6. The molecule has 0 spiro atoms. The largest absolute Gasteiger partial charge is 0.310 e. The Kier molecular flexibility index (Phi) is 8.39. The summed E-state index contributed by atoms with van der Waals surface area (Å²) in [6.45, 7) is 0. The zero-order valence-corrected chi connectivity index (χ0v) is 34.1. The maximum absolute atomic E-state index is 2.44. The van der Waals surface area contributed by atoms with Crippen molar-refractivity contribution in [3.8, 4) is 39.1 Å². The van der Waals surface area contributed by atoms with Gasteiger partial charge >= 0.3 is 0 Å². The summed E-state index contributed by atoms with van der Waals surface area (Å²) in [5, 5.41) is 7.60. The first-order valence-electron chi connectivity index (χ1n) is 20.8. The molecule has 2 heterocycles. The average Bonchev–Trinajstić information content (AvgIpc) is 3.88. The van der Waals surface area contributed by atoms with Gasteiger partial charge in [0, 0.05) is 59.1 Å². The quantitative estimate of drug-likeness (QED) is 0.156. The number of rotatable bonds is 7. The maximum Gasteiger partial charge on any atom is 0.0619 e. The highest BCUT2D eigenvalue weighted by atomic mass is 32.1. The SMILES string of the molecule is c1ccc(-c2ccc(N(c3ccc(-c4ccc5c6ccc7ccccc7c6n(-c6ccccc6)c5c4)cc3)c3ccc4c(c3)sc3c(-c5ccccc5)cccc34)cc2)cc1. The molecule has 0 saturated heterocycles. The fourth-order valence-electron chi connectivity index (χ4n) is 9.26. The van der Waals surface area contributed by atoms with Crippen LogP contribution in [0.15, 0.2) is 231 Å². The molecule has 12 aromatic rings.